The van der Waals surface area contributed by atoms with E-state index in [0.29, 0.717) is 117 Å². The zero-order valence-corrected chi connectivity index (χ0v) is 76.6. The van der Waals surface area contributed by atoms with Crippen LogP contribution in [0.4, 0.5) is 55.6 Å². The summed E-state index contributed by atoms with van der Waals surface area (Å²) < 4.78 is 10.3. The molecule has 8 atom stereocenters. The lowest BCUT2D eigenvalue weighted by Gasteiger charge is -2.60. The maximum absolute atomic E-state index is 13.2. The van der Waals surface area contributed by atoms with E-state index in [1.54, 1.807) is 88.3 Å². The molecule has 4 aromatic rings. The number of nitrogens with two attached hydrogens (primary N) is 2. The van der Waals surface area contributed by atoms with Crippen LogP contribution < -0.4 is 48.7 Å². The predicted molar refractivity (Wildman–Crippen MR) is 480 cm³/mol. The molecule has 0 unspecified atom stereocenters. The molecule has 0 aromatic carbocycles. The highest BCUT2D eigenvalue weighted by atomic mass is 16.6. The Kier molecular flexibility index (Phi) is 29.8. The largest absolute Gasteiger partial charge is 0.474 e. The minimum Gasteiger partial charge on any atom is -0.474 e. The molecule has 12 aliphatic rings. The fraction of sp³-hybridized carbons (Fsp3) is 0.681. The van der Waals surface area contributed by atoms with Gasteiger partial charge in [-0.05, 0) is 345 Å². The number of pyridine rings is 4. The van der Waals surface area contributed by atoms with Crippen LogP contribution in [0.15, 0.2) is 49.1 Å². The van der Waals surface area contributed by atoms with Gasteiger partial charge in [-0.2, -0.15) is 0 Å². The van der Waals surface area contributed by atoms with E-state index in [1.165, 1.54) is 63.1 Å². The molecule has 33 heteroatoms. The highest BCUT2D eigenvalue weighted by molar-refractivity contribution is 6.41. The number of carbonyl (C=O) groups excluding carboxylic acids is 9. The summed E-state index contributed by atoms with van der Waals surface area (Å²) in [7, 11) is 0. The molecule has 16 N–H and O–H groups in total. The first-order valence-electron chi connectivity index (χ1n) is 45.8. The number of hydrogen-bond acceptors (Lipinski definition) is 23. The van der Waals surface area contributed by atoms with Crippen molar-refractivity contribution in [3.8, 4) is 0 Å². The van der Waals surface area contributed by atoms with Gasteiger partial charge in [0, 0.05) is 43.8 Å². The Morgan fingerprint density at radius 3 is 0.921 bits per heavy atom. The van der Waals surface area contributed by atoms with Crippen LogP contribution in [0.3, 0.4) is 0 Å². The van der Waals surface area contributed by atoms with E-state index in [9.17, 15) is 68.4 Å². The first kappa shape index (κ1) is 96.4. The monoisotopic (exact) mass is 1760 g/mol. The molecule has 16 rings (SSSR count). The number of nitrogens with zero attached hydrogens (tertiary/aromatic N) is 7. The van der Waals surface area contributed by atoms with Gasteiger partial charge in [-0.1, -0.05) is 27.7 Å². The number of ether oxygens (including phenoxy) is 2. The van der Waals surface area contributed by atoms with E-state index >= 15 is 0 Å². The van der Waals surface area contributed by atoms with Crippen LogP contribution in [0.5, 0.6) is 0 Å². The second-order valence-electron chi connectivity index (χ2n) is 42.2. The number of aliphatic hydroxyl groups excluding tert-OH is 4. The van der Waals surface area contributed by atoms with Crippen molar-refractivity contribution >= 4 is 106 Å². The Hall–Kier alpha value is -9.70. The van der Waals surface area contributed by atoms with Gasteiger partial charge in [0.15, 0.2) is 0 Å². The van der Waals surface area contributed by atoms with Crippen LogP contribution in [0.1, 0.15) is 246 Å². The fourth-order valence-corrected chi connectivity index (χ4v) is 22.3. The smallest absolute Gasteiger partial charge is 0.413 e. The number of aliphatic hydroxyl groups is 4. The summed E-state index contributed by atoms with van der Waals surface area (Å²) in [5, 5.41) is 65.8. The average Bonchev–Trinajstić information content (AvgIpc) is 0.730. The Bertz CT molecular complexity index is 4530. The topological polar surface area (TPSA) is 488 Å². The SMILES string of the molecule is C[C@@H]1CC[C@@H](C2CC3(CC(O)C3)C2)NC1.Cc1cc(NC(=O)C(=O)N2C[C@H](C)CC[C@H]2C2CC3(CC(O)C3)C2)cnc1N.Cc1cc(NC(=O)C(=O)N2C[C@H](C)CC[C@H]2C2CC3(CC(O)C3)C2)cnc1N.Cc1cc(NC(=O)C(=O)N2C[C@H](C)CC[C@H]2C2CC3(CC(O)C3)C2)cnc1NC(=O)OC(C)(C)C.Cc1cc(NC(=O)C(=O)O)cnc1NC(=O)OC(C)(C)C. The van der Waals surface area contributed by atoms with E-state index in [1.807, 2.05) is 13.8 Å². The molecule has 33 nitrogen and oxygen atoms in total. The van der Waals surface area contributed by atoms with Crippen molar-refractivity contribution < 1.29 is 83.0 Å². The second kappa shape index (κ2) is 39.3. The molecule has 12 fully saturated rings. The predicted octanol–water partition coefficient (Wildman–Crippen LogP) is 11.7. The summed E-state index contributed by atoms with van der Waals surface area (Å²) in [5.41, 5.74) is 15.9. The third-order valence-electron chi connectivity index (χ3n) is 28.6. The minimum absolute atomic E-state index is 0.0327. The van der Waals surface area contributed by atoms with Gasteiger partial charge in [0.1, 0.15) is 34.5 Å². The number of likely N-dealkylation sites (tertiary alicyclic amines) is 3. The number of carbonyl (C=O) groups is 10. The number of carboxylic acid groups (broad SMARTS) is 1. The Morgan fingerprint density at radius 2 is 0.661 bits per heavy atom. The normalized spacial score (nSPS) is 31.7. The van der Waals surface area contributed by atoms with E-state index in [4.69, 9.17) is 26.0 Å². The molecule has 8 aliphatic carbocycles. The van der Waals surface area contributed by atoms with Crippen LogP contribution in [0, 0.1) is 96.7 Å². The van der Waals surface area contributed by atoms with E-state index in [2.05, 4.69) is 84.8 Å². The molecule has 8 saturated carbocycles. The summed E-state index contributed by atoms with van der Waals surface area (Å²) in [6.07, 6.45) is 29.3. The Balaban J connectivity index is 0.000000147. The number of piperidine rings is 4. The molecule has 4 aliphatic heterocycles. The highest BCUT2D eigenvalue weighted by Gasteiger charge is 2.60. The lowest BCUT2D eigenvalue weighted by molar-refractivity contribution is -0.157. The number of carboxylic acids is 1. The third kappa shape index (κ3) is 24.4. The molecule has 0 bridgehead atoms. The number of anilines is 8. The number of hydrogen-bond donors (Lipinski definition) is 14. The van der Waals surface area contributed by atoms with Crippen molar-refractivity contribution in [2.75, 3.05) is 69.5 Å². The summed E-state index contributed by atoms with van der Waals surface area (Å²) in [6, 6.07) is 7.73. The van der Waals surface area contributed by atoms with Crippen molar-refractivity contribution in [2.24, 2.45) is 69.0 Å². The van der Waals surface area contributed by atoms with Crippen molar-refractivity contribution in [3.63, 3.8) is 0 Å². The number of aromatic nitrogens is 4. The van der Waals surface area contributed by atoms with Crippen LogP contribution >= 0.6 is 0 Å². The lowest BCUT2D eigenvalue weighted by Crippen LogP contribution is -2.59. The molecule has 4 spiro atoms. The van der Waals surface area contributed by atoms with Gasteiger partial charge < -0.3 is 87.8 Å². The Labute approximate surface area is 745 Å². The van der Waals surface area contributed by atoms with Crippen molar-refractivity contribution in [3.05, 3.63) is 71.3 Å². The standard InChI is InChI=1S/C26H38N4O5.2C21H30N4O3.C13H17N3O5.C13H23NO/c1-15-6-7-20(17-9-26(10-17)11-19(31)12-26)30(14-15)23(33)22(32)28-18-8-16(2)21(27-13-18)29-24(34)35-25(3,4)5;2*1-12-3-4-17(14-6-21(7-14)8-16(26)9-21)25(11-12)20(28)19(27)24-15-5-13(2)18(22)23-10-15;1-7-5-8(15-10(17)11(18)19)6-14-9(7)16-12(20)21-13(2,3)4;1-9-2-3-12(14-8-9)10-4-13(5-10)6-11(15)7-13/h8,13,15,17,19-20,31H,6-7,9-12,14H2,1-5H3,(H,28,32)(H,27,29,34);2*5,10,12,14,16-17,26H,3-4,6-9,11H2,1-2H3,(H2,22,23)(H,24,27);5-6H,1-4H3,(H,15,17)(H,18,19)(H,14,16,20);9-12,14-15H,2-8H2,1H3/t15-,17?,19?,20+,26?;2*12-,14?,16?,17+,21?;;9-,10?,11?,12+,13?/m111.1/s1. The first-order chi connectivity index (χ1) is 59.6. The maximum Gasteiger partial charge on any atom is 0.413 e. The molecule has 4 saturated heterocycles. The summed E-state index contributed by atoms with van der Waals surface area (Å²) in [6.45, 7) is 29.3. The number of aryl methyl sites for hydroxylation is 4. The second-order valence-corrected chi connectivity index (χ2v) is 42.2. The fourth-order valence-electron chi connectivity index (χ4n) is 22.3. The van der Waals surface area contributed by atoms with Crippen molar-refractivity contribution in [1.29, 1.82) is 0 Å². The minimum atomic E-state index is -1.59. The van der Waals surface area contributed by atoms with Gasteiger partial charge in [-0.25, -0.2) is 34.3 Å². The summed E-state index contributed by atoms with van der Waals surface area (Å²) >= 11 is 0. The summed E-state index contributed by atoms with van der Waals surface area (Å²) in [4.78, 5) is 144. The molecule has 127 heavy (non-hydrogen) atoms. The zero-order valence-electron chi connectivity index (χ0n) is 76.6. The van der Waals surface area contributed by atoms with Crippen LogP contribution in [-0.4, -0.2) is 206 Å². The van der Waals surface area contributed by atoms with Gasteiger partial charge in [0.25, 0.3) is 0 Å². The number of nitrogens with one attached hydrogen (secondary N) is 7. The first-order valence-corrected chi connectivity index (χ1v) is 45.8. The zero-order chi connectivity index (χ0) is 92.3. The number of nitrogen functional groups attached to an aromatic ring is 2. The maximum atomic E-state index is 13.2. The van der Waals surface area contributed by atoms with E-state index < -0.39 is 70.7 Å². The Morgan fingerprint density at radius 1 is 0.386 bits per heavy atom. The molecular weight excluding hydrogens is 1630 g/mol. The van der Waals surface area contributed by atoms with Crippen LogP contribution in [0.2, 0.25) is 0 Å². The average molecular weight is 1760 g/mol. The highest BCUT2D eigenvalue weighted by Crippen LogP contribution is 2.64. The molecule has 0 radical (unpaired) electrons. The molecule has 8 heterocycles. The molecule has 9 amide bonds. The van der Waals surface area contributed by atoms with E-state index in [0.717, 1.165) is 157 Å². The van der Waals surface area contributed by atoms with Gasteiger partial charge in [-0.3, -0.25) is 44.2 Å². The summed E-state index contributed by atoms with van der Waals surface area (Å²) in [5.74, 6) is -0.448. The van der Waals surface area contributed by atoms with Gasteiger partial charge in [-0.15, -0.1) is 0 Å². The molecule has 696 valence electrons. The molecule has 4 aromatic heterocycles. The lowest BCUT2D eigenvalue weighted by atomic mass is 9.49. The van der Waals surface area contributed by atoms with Gasteiger partial charge in [0.05, 0.1) is 72.0 Å². The third-order valence-corrected chi connectivity index (χ3v) is 28.6. The van der Waals surface area contributed by atoms with Crippen molar-refractivity contribution in [2.45, 2.75) is 311 Å². The van der Waals surface area contributed by atoms with Crippen LogP contribution in [-0.2, 0) is 47.8 Å². The quantitative estimate of drug-likeness (QED) is 0.0656. The number of rotatable bonds is 10. The number of aliphatic carboxylic acids is 1. The van der Waals surface area contributed by atoms with Gasteiger partial charge in [0.2, 0.25) is 0 Å². The number of amides is 9. The van der Waals surface area contributed by atoms with Crippen LogP contribution in [0.25, 0.3) is 0 Å². The van der Waals surface area contributed by atoms with E-state index in [-0.39, 0.29) is 59.5 Å². The van der Waals surface area contributed by atoms with Gasteiger partial charge >= 0.3 is 59.5 Å². The molecular formula is C94H138N16O17. The van der Waals surface area contributed by atoms with Crippen molar-refractivity contribution in [1.82, 2.24) is 40.0 Å².